The molecule has 0 aliphatic carbocycles. The first-order valence-corrected chi connectivity index (χ1v) is 4.62. The van der Waals surface area contributed by atoms with Crippen LogP contribution >= 0.6 is 0 Å². The van der Waals surface area contributed by atoms with Crippen LogP contribution in [0, 0.1) is 0 Å². The average Bonchev–Trinajstić information content (AvgIpc) is 2.29. The predicted molar refractivity (Wildman–Crippen MR) is 58.5 cm³/mol. The third-order valence-corrected chi connectivity index (χ3v) is 1.92. The number of hydrazine groups is 1. The zero-order valence-electron chi connectivity index (χ0n) is 8.62. The minimum atomic E-state index is -0.166. The van der Waals surface area contributed by atoms with Crippen molar-refractivity contribution in [1.29, 1.82) is 0 Å². The van der Waals surface area contributed by atoms with Gasteiger partial charge in [0.15, 0.2) is 0 Å². The summed E-state index contributed by atoms with van der Waals surface area (Å²) in [5, 5.41) is 2.72. The molecular formula is C10H15N3O2. The largest absolute Gasteiger partial charge is 0.383 e. The molecule has 1 aromatic carbocycles. The molecule has 0 atom stereocenters. The molecule has 0 spiro atoms. The van der Waals surface area contributed by atoms with E-state index in [-0.39, 0.29) is 5.91 Å². The molecule has 0 heterocycles. The molecule has 0 aliphatic heterocycles. The molecule has 1 aromatic rings. The third-order valence-electron chi connectivity index (χ3n) is 1.92. The van der Waals surface area contributed by atoms with Gasteiger partial charge in [-0.25, -0.2) is 0 Å². The fourth-order valence-electron chi connectivity index (χ4n) is 1.17. The molecule has 0 aromatic heterocycles. The van der Waals surface area contributed by atoms with Crippen molar-refractivity contribution >= 4 is 11.6 Å². The lowest BCUT2D eigenvalue weighted by Crippen LogP contribution is -2.28. The molecule has 5 heteroatoms. The summed E-state index contributed by atoms with van der Waals surface area (Å²) in [7, 11) is 1.58. The Bertz CT molecular complexity index is 328. The van der Waals surface area contributed by atoms with Crippen LogP contribution in [-0.4, -0.2) is 26.2 Å². The van der Waals surface area contributed by atoms with E-state index in [0.717, 1.165) is 0 Å². The fraction of sp³-hybridized carbons (Fsp3) is 0.300. The van der Waals surface area contributed by atoms with Gasteiger partial charge in [-0.2, -0.15) is 0 Å². The fourth-order valence-corrected chi connectivity index (χ4v) is 1.17. The molecule has 1 rings (SSSR count). The Labute approximate surface area is 88.6 Å². The van der Waals surface area contributed by atoms with Crippen molar-refractivity contribution in [3.8, 4) is 0 Å². The van der Waals surface area contributed by atoms with Crippen LogP contribution in [0.15, 0.2) is 24.3 Å². The van der Waals surface area contributed by atoms with Gasteiger partial charge >= 0.3 is 0 Å². The van der Waals surface area contributed by atoms with Gasteiger partial charge in [-0.1, -0.05) is 12.1 Å². The zero-order valence-corrected chi connectivity index (χ0v) is 8.62. The number of nitrogens with one attached hydrogen (secondary N) is 2. The SMILES string of the molecule is COCCNC(=O)c1ccccc1NN. The van der Waals surface area contributed by atoms with Crippen molar-refractivity contribution in [2.75, 3.05) is 25.7 Å². The molecule has 0 saturated heterocycles. The van der Waals surface area contributed by atoms with Gasteiger partial charge in [0.2, 0.25) is 0 Å². The Hall–Kier alpha value is -1.59. The molecule has 4 N–H and O–H groups in total. The maximum absolute atomic E-state index is 11.6. The minimum absolute atomic E-state index is 0.166. The number of hydrogen-bond acceptors (Lipinski definition) is 4. The Kier molecular flexibility index (Phi) is 4.59. The normalized spacial score (nSPS) is 9.73. The van der Waals surface area contributed by atoms with Crippen molar-refractivity contribution < 1.29 is 9.53 Å². The second-order valence-corrected chi connectivity index (χ2v) is 2.94. The molecule has 0 bridgehead atoms. The van der Waals surface area contributed by atoms with Crippen LogP contribution in [0.25, 0.3) is 0 Å². The van der Waals surface area contributed by atoms with Gasteiger partial charge in [-0.3, -0.25) is 10.6 Å². The van der Waals surface area contributed by atoms with Gasteiger partial charge in [-0.05, 0) is 12.1 Å². The standard InChI is InChI=1S/C10H15N3O2/c1-15-7-6-12-10(14)8-4-2-3-5-9(8)13-11/h2-5,13H,6-7,11H2,1H3,(H,12,14). The van der Waals surface area contributed by atoms with E-state index in [1.807, 2.05) is 0 Å². The molecule has 0 aliphatic rings. The number of ether oxygens (including phenoxy) is 1. The Balaban J connectivity index is 2.64. The van der Waals surface area contributed by atoms with Crippen molar-refractivity contribution in [2.45, 2.75) is 0 Å². The van der Waals surface area contributed by atoms with Crippen LogP contribution in [0.4, 0.5) is 5.69 Å². The van der Waals surface area contributed by atoms with E-state index in [1.165, 1.54) is 0 Å². The highest BCUT2D eigenvalue weighted by Gasteiger charge is 2.08. The summed E-state index contributed by atoms with van der Waals surface area (Å²) in [6.07, 6.45) is 0. The Morgan fingerprint density at radius 3 is 2.87 bits per heavy atom. The number of nitrogen functional groups attached to an aromatic ring is 1. The zero-order chi connectivity index (χ0) is 11.1. The van der Waals surface area contributed by atoms with E-state index in [4.69, 9.17) is 10.6 Å². The minimum Gasteiger partial charge on any atom is -0.383 e. The Morgan fingerprint density at radius 2 is 2.20 bits per heavy atom. The number of anilines is 1. The number of methoxy groups -OCH3 is 1. The molecule has 5 nitrogen and oxygen atoms in total. The average molecular weight is 209 g/mol. The number of amides is 1. The first-order valence-electron chi connectivity index (χ1n) is 4.62. The molecule has 15 heavy (non-hydrogen) atoms. The quantitative estimate of drug-likeness (QED) is 0.371. The molecule has 0 saturated carbocycles. The van der Waals surface area contributed by atoms with Gasteiger partial charge in [0.1, 0.15) is 0 Å². The van der Waals surface area contributed by atoms with Crippen LogP contribution in [0.1, 0.15) is 10.4 Å². The van der Waals surface area contributed by atoms with Crippen molar-refractivity contribution in [3.63, 3.8) is 0 Å². The monoisotopic (exact) mass is 209 g/mol. The molecule has 82 valence electrons. The van der Waals surface area contributed by atoms with Gasteiger partial charge < -0.3 is 15.5 Å². The number of nitrogens with two attached hydrogens (primary N) is 1. The molecule has 0 radical (unpaired) electrons. The molecule has 0 unspecified atom stereocenters. The maximum Gasteiger partial charge on any atom is 0.253 e. The lowest BCUT2D eigenvalue weighted by atomic mass is 10.1. The van der Waals surface area contributed by atoms with Crippen molar-refractivity contribution in [1.82, 2.24) is 5.32 Å². The van der Waals surface area contributed by atoms with E-state index in [1.54, 1.807) is 31.4 Å². The topological polar surface area (TPSA) is 76.4 Å². The van der Waals surface area contributed by atoms with Crippen LogP contribution in [0.3, 0.4) is 0 Å². The van der Waals surface area contributed by atoms with Gasteiger partial charge in [-0.15, -0.1) is 0 Å². The number of benzene rings is 1. The Morgan fingerprint density at radius 1 is 1.47 bits per heavy atom. The van der Waals surface area contributed by atoms with Gasteiger partial charge in [0.05, 0.1) is 17.9 Å². The summed E-state index contributed by atoms with van der Waals surface area (Å²) < 4.78 is 4.83. The van der Waals surface area contributed by atoms with Gasteiger partial charge in [0, 0.05) is 13.7 Å². The number of carbonyl (C=O) groups excluding carboxylic acids is 1. The lowest BCUT2D eigenvalue weighted by Gasteiger charge is -2.08. The number of rotatable bonds is 5. The molecule has 0 fully saturated rings. The highest BCUT2D eigenvalue weighted by molar-refractivity contribution is 5.99. The predicted octanol–water partition coefficient (Wildman–Crippen LogP) is 0.348. The van der Waals surface area contributed by atoms with Gasteiger partial charge in [0.25, 0.3) is 5.91 Å². The highest BCUT2D eigenvalue weighted by atomic mass is 16.5. The molecule has 1 amide bonds. The van der Waals surface area contributed by atoms with E-state index in [2.05, 4.69) is 10.7 Å². The van der Waals surface area contributed by atoms with Crippen LogP contribution in [0.2, 0.25) is 0 Å². The summed E-state index contributed by atoms with van der Waals surface area (Å²) in [6, 6.07) is 7.04. The van der Waals surface area contributed by atoms with E-state index < -0.39 is 0 Å². The number of hydrogen-bond donors (Lipinski definition) is 3. The number of para-hydroxylation sites is 1. The van der Waals surface area contributed by atoms with Crippen molar-refractivity contribution in [3.05, 3.63) is 29.8 Å². The first-order chi connectivity index (χ1) is 7.29. The summed E-state index contributed by atoms with van der Waals surface area (Å²) in [6.45, 7) is 0.970. The molecular weight excluding hydrogens is 194 g/mol. The second-order valence-electron chi connectivity index (χ2n) is 2.94. The van der Waals surface area contributed by atoms with Crippen LogP contribution in [-0.2, 0) is 4.74 Å². The highest BCUT2D eigenvalue weighted by Crippen LogP contribution is 2.12. The van der Waals surface area contributed by atoms with Crippen molar-refractivity contribution in [2.24, 2.45) is 5.84 Å². The van der Waals surface area contributed by atoms with E-state index in [9.17, 15) is 4.79 Å². The summed E-state index contributed by atoms with van der Waals surface area (Å²) in [4.78, 5) is 11.6. The summed E-state index contributed by atoms with van der Waals surface area (Å²) >= 11 is 0. The lowest BCUT2D eigenvalue weighted by molar-refractivity contribution is 0.0938. The third kappa shape index (κ3) is 3.23. The van der Waals surface area contributed by atoms with E-state index >= 15 is 0 Å². The van der Waals surface area contributed by atoms with Crippen LogP contribution in [0.5, 0.6) is 0 Å². The van der Waals surface area contributed by atoms with Crippen LogP contribution < -0.4 is 16.6 Å². The smallest absolute Gasteiger partial charge is 0.253 e. The number of carbonyl (C=O) groups is 1. The second kappa shape index (κ2) is 6.00. The summed E-state index contributed by atoms with van der Waals surface area (Å²) in [5.74, 6) is 5.12. The maximum atomic E-state index is 11.6. The summed E-state index contributed by atoms with van der Waals surface area (Å²) in [5.41, 5.74) is 3.60. The van der Waals surface area contributed by atoms with E-state index in [0.29, 0.717) is 24.4 Å². The first kappa shape index (κ1) is 11.5.